The number of nitrogens with one attached hydrogen (secondary N) is 1. The molecule has 1 aliphatic carbocycles. The molecule has 0 fully saturated rings. The summed E-state index contributed by atoms with van der Waals surface area (Å²) < 4.78 is 35.2. The van der Waals surface area contributed by atoms with E-state index in [1.807, 2.05) is 19.1 Å². The maximum atomic E-state index is 13.9. The van der Waals surface area contributed by atoms with Crippen molar-refractivity contribution in [3.05, 3.63) is 89.0 Å². The summed E-state index contributed by atoms with van der Waals surface area (Å²) in [7, 11) is -3.93. The molecule has 206 valence electrons. The molecule has 2 aliphatic rings. The summed E-state index contributed by atoms with van der Waals surface area (Å²) in [4.78, 5) is 13.8. The number of hydrogen-bond acceptors (Lipinski definition) is 4. The van der Waals surface area contributed by atoms with Crippen molar-refractivity contribution < 1.29 is 17.9 Å². The van der Waals surface area contributed by atoms with Gasteiger partial charge in [0, 0.05) is 0 Å². The summed E-state index contributed by atoms with van der Waals surface area (Å²) in [6.45, 7) is 8.18. The molecule has 1 heterocycles. The first-order chi connectivity index (χ1) is 18.6. The van der Waals surface area contributed by atoms with Gasteiger partial charge in [0.2, 0.25) is 0 Å². The second-order valence-corrected chi connectivity index (χ2v) is 13.5. The van der Waals surface area contributed by atoms with E-state index in [2.05, 4.69) is 44.3 Å². The maximum absolute atomic E-state index is 13.9. The number of benzene rings is 3. The van der Waals surface area contributed by atoms with Gasteiger partial charge in [-0.2, -0.15) is 0 Å². The van der Waals surface area contributed by atoms with Crippen LogP contribution < -0.4 is 14.4 Å². The zero-order chi connectivity index (χ0) is 27.8. The van der Waals surface area contributed by atoms with Crippen LogP contribution in [0.25, 0.3) is 0 Å². The molecule has 0 saturated carbocycles. The quantitative estimate of drug-likeness (QED) is 0.406. The van der Waals surface area contributed by atoms with Crippen LogP contribution in [0.3, 0.4) is 0 Å². The summed E-state index contributed by atoms with van der Waals surface area (Å²) >= 11 is 0. The van der Waals surface area contributed by atoms with Crippen LogP contribution in [-0.2, 0) is 33.1 Å². The van der Waals surface area contributed by atoms with Crippen molar-refractivity contribution in [2.75, 3.05) is 10.8 Å². The molecule has 3 aromatic carbocycles. The van der Waals surface area contributed by atoms with E-state index in [0.29, 0.717) is 11.4 Å². The number of carbonyl (C=O) groups excluding carboxylic acids is 1. The van der Waals surface area contributed by atoms with Crippen molar-refractivity contribution in [2.24, 2.45) is 0 Å². The van der Waals surface area contributed by atoms with E-state index in [1.165, 1.54) is 28.3 Å². The van der Waals surface area contributed by atoms with Crippen LogP contribution in [0.5, 0.6) is 5.75 Å². The zero-order valence-electron chi connectivity index (χ0n) is 23.2. The molecule has 5 rings (SSSR count). The number of ether oxygens (including phenoxy) is 1. The first-order valence-electron chi connectivity index (χ1n) is 13.9. The lowest BCUT2D eigenvalue weighted by molar-refractivity contribution is -0.128. The number of hydrogen-bond donors (Lipinski definition) is 1. The highest BCUT2D eigenvalue weighted by Gasteiger charge is 2.38. The number of aryl methyl sites for hydroxylation is 2. The Kier molecular flexibility index (Phi) is 7.47. The summed E-state index contributed by atoms with van der Waals surface area (Å²) in [5, 5.41) is 3.15. The molecule has 0 bridgehead atoms. The Morgan fingerprint density at radius 3 is 2.41 bits per heavy atom. The standard InChI is InChI=1S/C32H38N2O4S/c1-5-27(24-16-15-22-11-9-10-12-23(22)19-24)33-31(35)30-21-34(39(36,37)26-13-7-6-8-14-26)28-20-25(32(2,3)4)17-18-29(28)38-30/h6-8,13-20,27,30H,5,9-12,21H2,1-4H3,(H,33,35)/t27-,30-/m1/s1. The Morgan fingerprint density at radius 2 is 1.72 bits per heavy atom. The van der Waals surface area contributed by atoms with E-state index in [4.69, 9.17) is 4.74 Å². The van der Waals surface area contributed by atoms with Crippen molar-refractivity contribution >= 4 is 21.6 Å². The van der Waals surface area contributed by atoms with Crippen LogP contribution in [0, 0.1) is 0 Å². The SMILES string of the molecule is CC[C@@H](NC(=O)[C@H]1CN(S(=O)(=O)c2ccccc2)c2cc(C(C)(C)C)ccc2O1)c1ccc2c(c1)CCCC2. The number of amides is 1. The van der Waals surface area contributed by atoms with Gasteiger partial charge in [0.05, 0.1) is 23.2 Å². The molecule has 6 nitrogen and oxygen atoms in total. The number of carbonyl (C=O) groups is 1. The third-order valence-corrected chi connectivity index (χ3v) is 9.61. The molecule has 0 radical (unpaired) electrons. The fraction of sp³-hybridized carbons (Fsp3) is 0.406. The number of rotatable bonds is 6. The monoisotopic (exact) mass is 546 g/mol. The van der Waals surface area contributed by atoms with Gasteiger partial charge in [0.1, 0.15) is 5.75 Å². The van der Waals surface area contributed by atoms with E-state index >= 15 is 0 Å². The highest BCUT2D eigenvalue weighted by Crippen LogP contribution is 2.40. The van der Waals surface area contributed by atoms with Gasteiger partial charge in [-0.25, -0.2) is 8.42 Å². The van der Waals surface area contributed by atoms with Crippen molar-refractivity contribution in [1.82, 2.24) is 5.32 Å². The zero-order valence-corrected chi connectivity index (χ0v) is 24.1. The topological polar surface area (TPSA) is 75.7 Å². The molecule has 3 aromatic rings. The average Bonchev–Trinajstić information content (AvgIpc) is 2.94. The summed E-state index contributed by atoms with van der Waals surface area (Å²) in [6.07, 6.45) is 4.32. The molecule has 0 aromatic heterocycles. The van der Waals surface area contributed by atoms with Gasteiger partial charge in [0.15, 0.2) is 6.10 Å². The van der Waals surface area contributed by atoms with Crippen molar-refractivity contribution in [3.63, 3.8) is 0 Å². The molecular weight excluding hydrogens is 508 g/mol. The van der Waals surface area contributed by atoms with Gasteiger partial charge in [-0.15, -0.1) is 0 Å². The third kappa shape index (κ3) is 5.55. The molecule has 1 amide bonds. The molecule has 39 heavy (non-hydrogen) atoms. The van der Waals surface area contributed by atoms with Gasteiger partial charge in [-0.1, -0.05) is 70.2 Å². The number of anilines is 1. The highest BCUT2D eigenvalue weighted by atomic mass is 32.2. The second kappa shape index (κ2) is 10.7. The number of sulfonamides is 1. The molecule has 1 aliphatic heterocycles. The van der Waals surface area contributed by atoms with E-state index in [0.717, 1.165) is 30.4 Å². The van der Waals surface area contributed by atoms with E-state index < -0.39 is 16.1 Å². The maximum Gasteiger partial charge on any atom is 0.264 e. The second-order valence-electron chi connectivity index (χ2n) is 11.6. The lowest BCUT2D eigenvalue weighted by Crippen LogP contribution is -2.51. The molecule has 7 heteroatoms. The largest absolute Gasteiger partial charge is 0.476 e. The Balaban J connectivity index is 1.46. The van der Waals surface area contributed by atoms with Gasteiger partial charge < -0.3 is 10.1 Å². The predicted octanol–water partition coefficient (Wildman–Crippen LogP) is 6.09. The first-order valence-corrected chi connectivity index (χ1v) is 15.3. The Bertz CT molecular complexity index is 1460. The minimum atomic E-state index is -3.93. The Morgan fingerprint density at radius 1 is 1.00 bits per heavy atom. The molecule has 0 unspecified atom stereocenters. The van der Waals surface area contributed by atoms with Crippen LogP contribution in [0.1, 0.15) is 75.3 Å². The highest BCUT2D eigenvalue weighted by molar-refractivity contribution is 7.92. The summed E-state index contributed by atoms with van der Waals surface area (Å²) in [5.74, 6) is 0.0640. The van der Waals surface area contributed by atoms with E-state index in [9.17, 15) is 13.2 Å². The van der Waals surface area contributed by atoms with Crippen LogP contribution in [0.2, 0.25) is 0 Å². The summed E-state index contributed by atoms with van der Waals surface area (Å²) in [6, 6.07) is 20.3. The fourth-order valence-corrected chi connectivity index (χ4v) is 6.95. The molecular formula is C32H38N2O4S. The lowest BCUT2D eigenvalue weighted by atomic mass is 9.86. The predicted molar refractivity (Wildman–Crippen MR) is 155 cm³/mol. The third-order valence-electron chi connectivity index (χ3n) is 7.82. The Labute approximate surface area is 232 Å². The first kappa shape index (κ1) is 27.3. The van der Waals surface area contributed by atoms with E-state index in [1.54, 1.807) is 36.4 Å². The molecule has 2 atom stereocenters. The van der Waals surface area contributed by atoms with Crippen molar-refractivity contribution in [1.29, 1.82) is 0 Å². The normalized spacial score (nSPS) is 17.9. The number of fused-ring (bicyclic) bond motifs is 2. The van der Waals surface area contributed by atoms with Crippen LogP contribution in [0.4, 0.5) is 5.69 Å². The Hall–Kier alpha value is -3.32. The van der Waals surface area contributed by atoms with Gasteiger partial charge in [-0.3, -0.25) is 9.10 Å². The van der Waals surface area contributed by atoms with Gasteiger partial charge >= 0.3 is 0 Å². The minimum absolute atomic E-state index is 0.107. The molecule has 0 saturated heterocycles. The summed E-state index contributed by atoms with van der Waals surface area (Å²) in [5.41, 5.74) is 5.09. The smallest absolute Gasteiger partial charge is 0.264 e. The van der Waals surface area contributed by atoms with Crippen LogP contribution in [0.15, 0.2) is 71.6 Å². The minimum Gasteiger partial charge on any atom is -0.476 e. The molecule has 1 N–H and O–H groups in total. The van der Waals surface area contributed by atoms with Crippen molar-refractivity contribution in [2.45, 2.75) is 82.3 Å². The van der Waals surface area contributed by atoms with Crippen LogP contribution >= 0.6 is 0 Å². The van der Waals surface area contributed by atoms with Gasteiger partial charge in [-0.05, 0) is 84.0 Å². The lowest BCUT2D eigenvalue weighted by Gasteiger charge is -2.36. The van der Waals surface area contributed by atoms with Gasteiger partial charge in [0.25, 0.3) is 15.9 Å². The fourth-order valence-electron chi connectivity index (χ4n) is 5.46. The van der Waals surface area contributed by atoms with Crippen molar-refractivity contribution in [3.8, 4) is 5.75 Å². The number of nitrogens with zero attached hydrogens (tertiary/aromatic N) is 1. The van der Waals surface area contributed by atoms with E-state index in [-0.39, 0.29) is 28.8 Å². The molecule has 0 spiro atoms. The van der Waals surface area contributed by atoms with Crippen LogP contribution in [-0.4, -0.2) is 27.0 Å². The average molecular weight is 547 g/mol.